The molecule has 4 aromatic rings. The average molecular weight is 1080 g/mol. The fraction of sp³-hybridized carbons (Fsp3) is 0.754. The van der Waals surface area contributed by atoms with Gasteiger partial charge in [0.1, 0.15) is 22.4 Å². The first-order valence-corrected chi connectivity index (χ1v) is 30.6. The van der Waals surface area contributed by atoms with Crippen LogP contribution in [0.25, 0.3) is 20.8 Å². The van der Waals surface area contributed by atoms with E-state index >= 15 is 0 Å². The van der Waals surface area contributed by atoms with Crippen molar-refractivity contribution in [2.75, 3.05) is 0 Å². The highest BCUT2D eigenvalue weighted by Gasteiger charge is 2.54. The maximum atomic E-state index is 7.11. The van der Waals surface area contributed by atoms with Crippen LogP contribution in [0.5, 0.6) is 5.75 Å². The molecule has 3 aliphatic heterocycles. The molecule has 3 aliphatic rings. The van der Waals surface area contributed by atoms with Crippen LogP contribution in [-0.4, -0.2) is 45.4 Å². The molecule has 13 heteroatoms. The summed E-state index contributed by atoms with van der Waals surface area (Å²) in [5, 5.41) is 2.22. The molecule has 6 heterocycles. The molecule has 3 aromatic heterocycles. The van der Waals surface area contributed by atoms with Crippen molar-refractivity contribution in [1.29, 1.82) is 0 Å². The summed E-state index contributed by atoms with van der Waals surface area (Å²) in [6.45, 7) is 35.7. The summed E-state index contributed by atoms with van der Waals surface area (Å²) in [6.07, 6.45) is 21.3. The minimum atomic E-state index is -0.478. The largest absolute Gasteiger partial charge is 0.497 e. The zero-order valence-electron chi connectivity index (χ0n) is 46.4. The SMILES string of the molecule is CC(C)CCCC(C)CCCC(C)CCC1(CCC(C)CCCC(C)CCCC(C)C)Oc2ccsc2-c2sc(Br)cc21.CC1(C)OB(c2ccc(B3OC(C)(C)C(C)(C)O3)c3nsnc23)OC1(C)C. The van der Waals surface area contributed by atoms with Crippen LogP contribution in [0.15, 0.2) is 33.4 Å². The van der Waals surface area contributed by atoms with Gasteiger partial charge in [-0.05, 0) is 150 Å². The first-order chi connectivity index (χ1) is 32.8. The number of halogens is 1. The molecule has 70 heavy (non-hydrogen) atoms. The lowest BCUT2D eigenvalue weighted by Gasteiger charge is -2.39. The molecule has 7 rings (SSSR count). The van der Waals surface area contributed by atoms with Gasteiger partial charge in [-0.1, -0.05) is 145 Å². The predicted octanol–water partition coefficient (Wildman–Crippen LogP) is 17.2. The molecule has 2 fully saturated rings. The van der Waals surface area contributed by atoms with Crippen LogP contribution in [0.2, 0.25) is 0 Å². The molecular formula is C57H91B2BrN2O5S3. The summed E-state index contributed by atoms with van der Waals surface area (Å²) < 4.78 is 42.2. The number of aromatic nitrogens is 2. The molecule has 0 saturated carbocycles. The van der Waals surface area contributed by atoms with Gasteiger partial charge in [0.25, 0.3) is 0 Å². The summed E-state index contributed by atoms with van der Waals surface area (Å²) >= 11 is 8.78. The number of thiophene rings is 2. The van der Waals surface area contributed by atoms with E-state index in [2.05, 4.69) is 97.6 Å². The van der Waals surface area contributed by atoms with Gasteiger partial charge >= 0.3 is 14.2 Å². The lowest BCUT2D eigenvalue weighted by Crippen LogP contribution is -2.41. The standard InChI is InChI=1S/C39H65BrOS2.C18H26B2N2O4S/c1-28(2)13-9-15-30(5)17-11-19-32(7)21-24-39(25-22-33(8)20-12-18-31(6)16-10-14-29(3)4)34-27-36(40)43-37(34)38-35(41-39)23-26-42-38;1-15(2)16(3,4)24-19(23-15)11-9-10-12(14-13(11)21-27-22-14)20-25-17(5,6)18(7,8)26-20/h23,26-33H,9-22,24-25H2,1-8H3;9-10H,1-8H3. The van der Waals surface area contributed by atoms with E-state index in [0.29, 0.717) is 0 Å². The quantitative estimate of drug-likeness (QED) is 0.0647. The van der Waals surface area contributed by atoms with Crippen LogP contribution in [-0.2, 0) is 24.2 Å². The summed E-state index contributed by atoms with van der Waals surface area (Å²) in [4.78, 5) is 2.79. The minimum Gasteiger partial charge on any atom is -0.481 e. The van der Waals surface area contributed by atoms with Crippen LogP contribution in [0.1, 0.15) is 219 Å². The fourth-order valence-corrected chi connectivity index (χ4v) is 13.6. The van der Waals surface area contributed by atoms with Crippen LogP contribution in [0, 0.1) is 35.5 Å². The summed E-state index contributed by atoms with van der Waals surface area (Å²) in [5.41, 5.74) is 2.98. The van der Waals surface area contributed by atoms with Gasteiger partial charge in [-0.15, -0.1) is 22.7 Å². The number of hydrogen-bond acceptors (Lipinski definition) is 10. The van der Waals surface area contributed by atoms with Crippen molar-refractivity contribution in [3.63, 3.8) is 0 Å². The van der Waals surface area contributed by atoms with Gasteiger partial charge in [-0.3, -0.25) is 0 Å². The topological polar surface area (TPSA) is 71.9 Å². The van der Waals surface area contributed by atoms with Crippen molar-refractivity contribution in [3.8, 4) is 15.5 Å². The maximum Gasteiger partial charge on any atom is 0.497 e. The minimum absolute atomic E-state index is 0.192. The smallest absolute Gasteiger partial charge is 0.481 e. The Bertz CT molecular complexity index is 2110. The van der Waals surface area contributed by atoms with Crippen molar-refractivity contribution in [2.45, 2.75) is 242 Å². The van der Waals surface area contributed by atoms with Crippen molar-refractivity contribution in [3.05, 3.63) is 39.0 Å². The van der Waals surface area contributed by atoms with E-state index in [1.165, 1.54) is 121 Å². The molecule has 4 unspecified atom stereocenters. The Morgan fingerprint density at radius 2 is 0.914 bits per heavy atom. The third kappa shape index (κ3) is 14.5. The van der Waals surface area contributed by atoms with Crippen LogP contribution >= 0.6 is 50.3 Å². The third-order valence-electron chi connectivity index (χ3n) is 16.7. The Morgan fingerprint density at radius 1 is 0.529 bits per heavy atom. The van der Waals surface area contributed by atoms with E-state index in [1.54, 1.807) is 0 Å². The molecule has 0 aliphatic carbocycles. The monoisotopic (exact) mass is 1080 g/mol. The number of benzene rings is 1. The Balaban J connectivity index is 0.000000253. The van der Waals surface area contributed by atoms with Crippen LogP contribution < -0.4 is 15.7 Å². The molecular weight excluding hydrogens is 990 g/mol. The molecule has 0 amide bonds. The highest BCUT2D eigenvalue weighted by molar-refractivity contribution is 9.11. The van der Waals surface area contributed by atoms with Gasteiger partial charge in [0.15, 0.2) is 0 Å². The van der Waals surface area contributed by atoms with E-state index in [0.717, 1.165) is 76.1 Å². The molecule has 7 nitrogen and oxygen atoms in total. The second-order valence-electron chi connectivity index (χ2n) is 24.9. The van der Waals surface area contributed by atoms with Gasteiger partial charge in [0.2, 0.25) is 0 Å². The van der Waals surface area contributed by atoms with Crippen molar-refractivity contribution < 1.29 is 23.4 Å². The number of rotatable bonds is 24. The van der Waals surface area contributed by atoms with Gasteiger partial charge in [-0.25, -0.2) is 0 Å². The van der Waals surface area contributed by atoms with E-state index in [9.17, 15) is 0 Å². The molecule has 0 radical (unpaired) electrons. The molecule has 4 atom stereocenters. The number of fused-ring (bicyclic) bond motifs is 4. The highest BCUT2D eigenvalue weighted by Crippen LogP contribution is 2.56. The fourth-order valence-electron chi connectivity index (χ4n) is 10.3. The Hall–Kier alpha value is -1.31. The van der Waals surface area contributed by atoms with E-state index in [4.69, 9.17) is 23.4 Å². The van der Waals surface area contributed by atoms with E-state index < -0.39 is 36.6 Å². The van der Waals surface area contributed by atoms with Crippen LogP contribution in [0.4, 0.5) is 0 Å². The lowest BCUT2D eigenvalue weighted by molar-refractivity contribution is 0.00578. The molecule has 2 saturated heterocycles. The Morgan fingerprint density at radius 3 is 1.31 bits per heavy atom. The molecule has 0 N–H and O–H groups in total. The van der Waals surface area contributed by atoms with Gasteiger partial charge in [0, 0.05) is 16.5 Å². The summed E-state index contributed by atoms with van der Waals surface area (Å²) in [6, 6.07) is 8.60. The maximum absolute atomic E-state index is 7.11. The summed E-state index contributed by atoms with van der Waals surface area (Å²) in [5.74, 6) is 6.02. The normalized spacial score (nSPS) is 21.6. The second-order valence-corrected chi connectivity index (χ2v) is 28.8. The molecule has 390 valence electrons. The van der Waals surface area contributed by atoms with E-state index in [1.807, 2.05) is 90.2 Å². The third-order valence-corrected chi connectivity index (χ3v) is 19.9. The highest BCUT2D eigenvalue weighted by atomic mass is 79.9. The molecule has 1 aromatic carbocycles. The first kappa shape index (κ1) is 58.0. The molecule has 0 spiro atoms. The summed E-state index contributed by atoms with van der Waals surface area (Å²) in [7, 11) is -0.956. The lowest BCUT2D eigenvalue weighted by atomic mass is 9.72. The number of hydrogen-bond donors (Lipinski definition) is 0. The second kappa shape index (κ2) is 24.6. The Kier molecular flexibility index (Phi) is 20.3. The first-order valence-electron chi connectivity index (χ1n) is 27.4. The van der Waals surface area contributed by atoms with Crippen LogP contribution in [0.3, 0.4) is 0 Å². The zero-order chi connectivity index (χ0) is 51.2. The number of nitrogens with zero attached hydrogens (tertiary/aromatic N) is 2. The van der Waals surface area contributed by atoms with Crippen molar-refractivity contribution in [1.82, 2.24) is 8.75 Å². The zero-order valence-corrected chi connectivity index (χ0v) is 50.4. The van der Waals surface area contributed by atoms with Crippen molar-refractivity contribution >= 4 is 86.5 Å². The van der Waals surface area contributed by atoms with Gasteiger partial charge in [0.05, 0.1) is 47.7 Å². The average Bonchev–Trinajstić information content (AvgIpc) is 4.09. The van der Waals surface area contributed by atoms with Crippen molar-refractivity contribution in [2.24, 2.45) is 35.5 Å². The van der Waals surface area contributed by atoms with Gasteiger partial charge < -0.3 is 23.4 Å². The van der Waals surface area contributed by atoms with E-state index in [-0.39, 0.29) is 5.60 Å². The Labute approximate surface area is 447 Å². The number of ether oxygens (including phenoxy) is 1. The predicted molar refractivity (Wildman–Crippen MR) is 307 cm³/mol. The van der Waals surface area contributed by atoms with Gasteiger partial charge in [-0.2, -0.15) is 8.75 Å². The molecule has 0 bridgehead atoms.